The van der Waals surface area contributed by atoms with E-state index in [-0.39, 0.29) is 0 Å². The number of esters is 1. The zero-order valence-corrected chi connectivity index (χ0v) is 15.0. The average Bonchev–Trinajstić information content (AvgIpc) is 2.70. The van der Waals surface area contributed by atoms with Crippen LogP contribution in [0.5, 0.6) is 5.75 Å². The van der Waals surface area contributed by atoms with Gasteiger partial charge in [-0.1, -0.05) is 42.5 Å². The molecule has 0 aromatic heterocycles. The molecule has 0 heterocycles. The van der Waals surface area contributed by atoms with Gasteiger partial charge >= 0.3 is 12.1 Å². The van der Waals surface area contributed by atoms with Gasteiger partial charge in [-0.2, -0.15) is 13.2 Å². The van der Waals surface area contributed by atoms with Crippen molar-refractivity contribution < 1.29 is 32.2 Å². The number of para-hydroxylation sites is 1. The summed E-state index contributed by atoms with van der Waals surface area (Å²) in [6, 6.07) is 17.4. The van der Waals surface area contributed by atoms with Crippen molar-refractivity contribution in [1.82, 2.24) is 0 Å². The molecule has 0 spiro atoms. The van der Waals surface area contributed by atoms with E-state index in [1.54, 1.807) is 12.1 Å². The molecule has 0 aliphatic rings. The summed E-state index contributed by atoms with van der Waals surface area (Å²) in [6.45, 7) is -1.17. The number of rotatable bonds is 6. The van der Waals surface area contributed by atoms with Gasteiger partial charge in [-0.25, -0.2) is 4.79 Å². The van der Waals surface area contributed by atoms with Crippen LogP contribution >= 0.6 is 0 Å². The van der Waals surface area contributed by atoms with Crippen LogP contribution in [0, 0.1) is 0 Å². The summed E-state index contributed by atoms with van der Waals surface area (Å²) < 4.78 is 48.8. The molecule has 0 radical (unpaired) electrons. The molecule has 0 bridgehead atoms. The molecule has 3 rings (SSSR count). The van der Waals surface area contributed by atoms with E-state index < -0.39 is 42.5 Å². The maximum absolute atomic E-state index is 12.9. The number of hydrogen-bond donors (Lipinski definition) is 1. The Morgan fingerprint density at radius 2 is 1.55 bits per heavy atom. The summed E-state index contributed by atoms with van der Waals surface area (Å²) in [4.78, 5) is 23.6. The lowest BCUT2D eigenvalue weighted by atomic mass is 10.1. The predicted molar refractivity (Wildman–Crippen MR) is 100 cm³/mol. The van der Waals surface area contributed by atoms with Crippen molar-refractivity contribution in [2.24, 2.45) is 0 Å². The number of benzene rings is 3. The molecule has 0 saturated carbocycles. The van der Waals surface area contributed by atoms with Gasteiger partial charge in [0, 0.05) is 0 Å². The third-order valence-corrected chi connectivity index (χ3v) is 3.95. The number of nitrogens with one attached hydrogen (secondary N) is 1. The van der Waals surface area contributed by atoms with E-state index in [9.17, 15) is 22.8 Å². The van der Waals surface area contributed by atoms with Gasteiger partial charge in [0.05, 0.1) is 11.3 Å². The standard InChI is InChI=1S/C21H16F3NO4/c22-21(23,24)17-7-3-4-8-18(17)25-19(26)12-29-20(27)13-28-16-10-9-14-5-1-2-6-15(14)11-16/h1-11H,12-13H2,(H,25,26). The zero-order chi connectivity index (χ0) is 20.9. The Morgan fingerprint density at radius 1 is 0.862 bits per heavy atom. The smallest absolute Gasteiger partial charge is 0.418 e. The number of amides is 1. The van der Waals surface area contributed by atoms with Gasteiger partial charge in [0.1, 0.15) is 5.75 Å². The fourth-order valence-electron chi connectivity index (χ4n) is 2.61. The largest absolute Gasteiger partial charge is 0.482 e. The van der Waals surface area contributed by atoms with E-state index in [1.807, 2.05) is 30.3 Å². The van der Waals surface area contributed by atoms with Gasteiger partial charge in [0.15, 0.2) is 13.2 Å². The van der Waals surface area contributed by atoms with Crippen molar-refractivity contribution in [3.63, 3.8) is 0 Å². The molecular weight excluding hydrogens is 387 g/mol. The quantitative estimate of drug-likeness (QED) is 0.619. The molecule has 3 aromatic carbocycles. The highest BCUT2D eigenvalue weighted by Crippen LogP contribution is 2.34. The van der Waals surface area contributed by atoms with Crippen LogP contribution in [0.25, 0.3) is 10.8 Å². The van der Waals surface area contributed by atoms with Gasteiger partial charge in [0.25, 0.3) is 5.91 Å². The highest BCUT2D eigenvalue weighted by atomic mass is 19.4. The summed E-state index contributed by atoms with van der Waals surface area (Å²) in [7, 11) is 0. The molecule has 0 fully saturated rings. The van der Waals surface area contributed by atoms with Crippen LogP contribution in [0.2, 0.25) is 0 Å². The van der Waals surface area contributed by atoms with Crippen molar-refractivity contribution >= 4 is 28.3 Å². The third kappa shape index (κ3) is 5.47. The summed E-state index contributed by atoms with van der Waals surface area (Å²) in [6.07, 6.45) is -4.62. The molecule has 0 unspecified atom stereocenters. The minimum Gasteiger partial charge on any atom is -0.482 e. The third-order valence-electron chi connectivity index (χ3n) is 3.95. The SMILES string of the molecule is O=C(COC(=O)COc1ccc2ccccc2c1)Nc1ccccc1C(F)(F)F. The Bertz CT molecular complexity index is 1030. The first-order chi connectivity index (χ1) is 13.8. The van der Waals surface area contributed by atoms with E-state index in [4.69, 9.17) is 9.47 Å². The number of halogens is 3. The lowest BCUT2D eigenvalue weighted by Crippen LogP contribution is -2.24. The van der Waals surface area contributed by atoms with Crippen molar-refractivity contribution in [2.75, 3.05) is 18.5 Å². The molecular formula is C21H16F3NO4. The van der Waals surface area contributed by atoms with Crippen LogP contribution in [-0.4, -0.2) is 25.1 Å². The number of fused-ring (bicyclic) bond motifs is 1. The van der Waals surface area contributed by atoms with Crippen LogP contribution < -0.4 is 10.1 Å². The molecule has 8 heteroatoms. The summed E-state index contributed by atoms with van der Waals surface area (Å²) in [5.74, 6) is -1.26. The average molecular weight is 403 g/mol. The number of alkyl halides is 3. The van der Waals surface area contributed by atoms with Gasteiger partial charge in [0.2, 0.25) is 0 Å². The summed E-state index contributed by atoms with van der Waals surface area (Å²) in [5, 5.41) is 4.03. The van der Waals surface area contributed by atoms with E-state index in [1.165, 1.54) is 12.1 Å². The first-order valence-electron chi connectivity index (χ1n) is 8.56. The molecule has 5 nitrogen and oxygen atoms in total. The van der Waals surface area contributed by atoms with Crippen molar-refractivity contribution in [1.29, 1.82) is 0 Å². The molecule has 0 atom stereocenters. The molecule has 29 heavy (non-hydrogen) atoms. The first kappa shape index (κ1) is 20.2. The Balaban J connectivity index is 1.49. The lowest BCUT2D eigenvalue weighted by molar-refractivity contribution is -0.149. The summed E-state index contributed by atoms with van der Waals surface area (Å²) in [5.41, 5.74) is -1.40. The highest BCUT2D eigenvalue weighted by Gasteiger charge is 2.33. The first-order valence-corrected chi connectivity index (χ1v) is 8.56. The zero-order valence-electron chi connectivity index (χ0n) is 15.0. The Morgan fingerprint density at radius 3 is 2.31 bits per heavy atom. The van der Waals surface area contributed by atoms with Gasteiger partial charge in [-0.05, 0) is 35.0 Å². The maximum Gasteiger partial charge on any atom is 0.418 e. The van der Waals surface area contributed by atoms with Gasteiger partial charge < -0.3 is 14.8 Å². The Kier molecular flexibility index (Phi) is 6.01. The minimum atomic E-state index is -4.62. The second kappa shape index (κ2) is 8.64. The van der Waals surface area contributed by atoms with Gasteiger partial charge in [-0.3, -0.25) is 4.79 Å². The van der Waals surface area contributed by atoms with E-state index in [2.05, 4.69) is 5.32 Å². The molecule has 0 saturated heterocycles. The highest BCUT2D eigenvalue weighted by molar-refractivity contribution is 5.93. The number of carbonyl (C=O) groups is 2. The van der Waals surface area contributed by atoms with E-state index in [0.717, 1.165) is 22.9 Å². The number of hydrogen-bond acceptors (Lipinski definition) is 4. The van der Waals surface area contributed by atoms with Crippen LogP contribution in [0.15, 0.2) is 66.7 Å². The molecule has 0 aliphatic carbocycles. The molecule has 1 amide bonds. The van der Waals surface area contributed by atoms with E-state index >= 15 is 0 Å². The fourth-order valence-corrected chi connectivity index (χ4v) is 2.61. The second-order valence-electron chi connectivity index (χ2n) is 6.05. The molecule has 150 valence electrons. The Hall–Kier alpha value is -3.55. The van der Waals surface area contributed by atoms with Crippen LogP contribution in [0.1, 0.15) is 5.56 Å². The predicted octanol–water partition coefficient (Wildman–Crippen LogP) is 4.42. The second-order valence-corrected chi connectivity index (χ2v) is 6.05. The number of ether oxygens (including phenoxy) is 2. The van der Waals surface area contributed by atoms with Crippen LogP contribution in [0.3, 0.4) is 0 Å². The van der Waals surface area contributed by atoms with Crippen LogP contribution in [-0.2, 0) is 20.5 Å². The monoisotopic (exact) mass is 403 g/mol. The maximum atomic E-state index is 12.9. The normalized spacial score (nSPS) is 11.1. The van der Waals surface area contributed by atoms with E-state index in [0.29, 0.717) is 5.75 Å². The minimum absolute atomic E-state index is 0.409. The van der Waals surface area contributed by atoms with Crippen LogP contribution in [0.4, 0.5) is 18.9 Å². The lowest BCUT2D eigenvalue weighted by Gasteiger charge is -2.13. The van der Waals surface area contributed by atoms with Gasteiger partial charge in [-0.15, -0.1) is 0 Å². The van der Waals surface area contributed by atoms with Crippen molar-refractivity contribution in [3.05, 3.63) is 72.3 Å². The van der Waals surface area contributed by atoms with Crippen molar-refractivity contribution in [2.45, 2.75) is 6.18 Å². The Labute approximate surface area is 164 Å². The topological polar surface area (TPSA) is 64.6 Å². The molecule has 1 N–H and O–H groups in total. The number of anilines is 1. The fraction of sp³-hybridized carbons (Fsp3) is 0.143. The molecule has 0 aliphatic heterocycles. The van der Waals surface area contributed by atoms with Crippen molar-refractivity contribution in [3.8, 4) is 5.75 Å². The number of carbonyl (C=O) groups excluding carboxylic acids is 2. The molecule has 3 aromatic rings. The summed E-state index contributed by atoms with van der Waals surface area (Å²) >= 11 is 0.